The lowest BCUT2D eigenvalue weighted by Crippen LogP contribution is -2.42. The quantitative estimate of drug-likeness (QED) is 0.677. The van der Waals surface area contributed by atoms with E-state index in [1.807, 2.05) is 18.2 Å². The number of carbonyl (C=O) groups excluding carboxylic acids is 1. The summed E-state index contributed by atoms with van der Waals surface area (Å²) in [7, 11) is 0. The van der Waals surface area contributed by atoms with E-state index in [0.717, 1.165) is 5.56 Å². The van der Waals surface area contributed by atoms with Crippen LogP contribution in [0.5, 0.6) is 0 Å². The van der Waals surface area contributed by atoms with E-state index in [-0.39, 0.29) is 25.5 Å². The monoisotopic (exact) mass is 278 g/mol. The minimum absolute atomic E-state index is 0.145. The molecule has 0 bridgehead atoms. The van der Waals surface area contributed by atoms with E-state index in [9.17, 15) is 9.59 Å². The molecule has 0 spiro atoms. The maximum absolute atomic E-state index is 11.9. The van der Waals surface area contributed by atoms with Gasteiger partial charge in [-0.2, -0.15) is 0 Å². The van der Waals surface area contributed by atoms with Crippen molar-refractivity contribution in [3.63, 3.8) is 0 Å². The molecule has 4 N–H and O–H groups in total. The fourth-order valence-corrected chi connectivity index (χ4v) is 2.23. The molecule has 6 nitrogen and oxygen atoms in total. The molecular formula is C14H18N2O4. The molecule has 1 fully saturated rings. The maximum atomic E-state index is 11.9. The van der Waals surface area contributed by atoms with Gasteiger partial charge >= 0.3 is 5.97 Å². The molecule has 1 amide bonds. The van der Waals surface area contributed by atoms with Gasteiger partial charge in [-0.25, -0.2) is 0 Å². The van der Waals surface area contributed by atoms with Crippen LogP contribution < -0.4 is 11.1 Å². The third-order valence-corrected chi connectivity index (χ3v) is 3.42. The van der Waals surface area contributed by atoms with Gasteiger partial charge in [0.1, 0.15) is 5.92 Å². The number of para-hydroxylation sites is 1. The number of nitrogen functional groups attached to an aromatic ring is 1. The molecule has 1 aliphatic heterocycles. The Morgan fingerprint density at radius 1 is 1.35 bits per heavy atom. The number of hydrogen-bond acceptors (Lipinski definition) is 4. The van der Waals surface area contributed by atoms with Gasteiger partial charge in [-0.3, -0.25) is 9.59 Å². The molecule has 20 heavy (non-hydrogen) atoms. The smallest absolute Gasteiger partial charge is 0.311 e. The van der Waals surface area contributed by atoms with E-state index in [0.29, 0.717) is 12.1 Å². The average molecular weight is 278 g/mol. The van der Waals surface area contributed by atoms with E-state index < -0.39 is 17.9 Å². The van der Waals surface area contributed by atoms with Crippen LogP contribution in [0.15, 0.2) is 24.3 Å². The number of rotatable bonds is 5. The molecule has 108 valence electrons. The Kier molecular flexibility index (Phi) is 4.57. The minimum Gasteiger partial charge on any atom is -0.481 e. The van der Waals surface area contributed by atoms with Gasteiger partial charge in [-0.1, -0.05) is 18.2 Å². The van der Waals surface area contributed by atoms with Gasteiger partial charge in [0.25, 0.3) is 0 Å². The van der Waals surface area contributed by atoms with E-state index >= 15 is 0 Å². The summed E-state index contributed by atoms with van der Waals surface area (Å²) < 4.78 is 5.10. The predicted octanol–water partition coefficient (Wildman–Crippen LogP) is 0.417. The number of carboxylic acid groups (broad SMARTS) is 1. The Bertz CT molecular complexity index is 504. The van der Waals surface area contributed by atoms with Gasteiger partial charge in [-0.05, 0) is 18.1 Å². The van der Waals surface area contributed by atoms with Gasteiger partial charge < -0.3 is 20.9 Å². The zero-order chi connectivity index (χ0) is 14.5. The molecule has 2 unspecified atom stereocenters. The lowest BCUT2D eigenvalue weighted by atomic mass is 10.0. The van der Waals surface area contributed by atoms with Crippen LogP contribution in [0.25, 0.3) is 0 Å². The lowest BCUT2D eigenvalue weighted by Gasteiger charge is -2.15. The number of aryl methyl sites for hydroxylation is 1. The molecule has 1 aliphatic rings. The Balaban J connectivity index is 1.84. The summed E-state index contributed by atoms with van der Waals surface area (Å²) in [4.78, 5) is 22.8. The second kappa shape index (κ2) is 6.38. The second-order valence-corrected chi connectivity index (χ2v) is 4.86. The highest BCUT2D eigenvalue weighted by Crippen LogP contribution is 2.15. The summed E-state index contributed by atoms with van der Waals surface area (Å²) in [5, 5.41) is 11.7. The first kappa shape index (κ1) is 14.3. The number of benzene rings is 1. The summed E-state index contributed by atoms with van der Waals surface area (Å²) in [5.41, 5.74) is 7.38. The van der Waals surface area contributed by atoms with Crippen LogP contribution in [0.2, 0.25) is 0 Å². The highest BCUT2D eigenvalue weighted by Gasteiger charge is 2.34. The van der Waals surface area contributed by atoms with Gasteiger partial charge in [0.15, 0.2) is 0 Å². The highest BCUT2D eigenvalue weighted by molar-refractivity contribution is 5.78. The van der Waals surface area contributed by atoms with Crippen LogP contribution >= 0.6 is 0 Å². The number of nitrogens with one attached hydrogen (secondary N) is 1. The van der Waals surface area contributed by atoms with Crippen molar-refractivity contribution < 1.29 is 19.4 Å². The van der Waals surface area contributed by atoms with Gasteiger partial charge in [0.2, 0.25) is 5.91 Å². The first-order chi connectivity index (χ1) is 9.58. The zero-order valence-corrected chi connectivity index (χ0v) is 11.0. The third kappa shape index (κ3) is 3.48. The molecule has 1 aromatic rings. The minimum atomic E-state index is -0.944. The maximum Gasteiger partial charge on any atom is 0.311 e. The molecule has 0 aliphatic carbocycles. The number of ether oxygens (including phenoxy) is 1. The third-order valence-electron chi connectivity index (χ3n) is 3.42. The van der Waals surface area contributed by atoms with Crippen molar-refractivity contribution in [2.45, 2.75) is 18.9 Å². The largest absolute Gasteiger partial charge is 0.481 e. The molecule has 0 radical (unpaired) electrons. The van der Waals surface area contributed by atoms with Crippen LogP contribution in [0.4, 0.5) is 5.69 Å². The molecule has 0 aromatic heterocycles. The van der Waals surface area contributed by atoms with E-state index in [4.69, 9.17) is 15.6 Å². The molecule has 2 atom stereocenters. The number of carboxylic acids is 1. The van der Waals surface area contributed by atoms with Gasteiger partial charge in [0, 0.05) is 12.1 Å². The summed E-state index contributed by atoms with van der Waals surface area (Å²) in [5.74, 6) is -1.80. The Labute approximate surface area is 116 Å². The Hall–Kier alpha value is -2.08. The molecule has 0 saturated carbocycles. The van der Waals surface area contributed by atoms with Crippen molar-refractivity contribution in [1.29, 1.82) is 0 Å². The summed E-state index contributed by atoms with van der Waals surface area (Å²) >= 11 is 0. The number of carbonyl (C=O) groups is 2. The summed E-state index contributed by atoms with van der Waals surface area (Å²) in [6, 6.07) is 6.93. The van der Waals surface area contributed by atoms with Crippen molar-refractivity contribution in [2.75, 3.05) is 18.9 Å². The topological polar surface area (TPSA) is 102 Å². The predicted molar refractivity (Wildman–Crippen MR) is 73.1 cm³/mol. The second-order valence-electron chi connectivity index (χ2n) is 4.86. The Morgan fingerprint density at radius 2 is 2.10 bits per heavy atom. The summed E-state index contributed by atoms with van der Waals surface area (Å²) in [6.07, 6.45) is 0.806. The van der Waals surface area contributed by atoms with Crippen LogP contribution in [-0.4, -0.2) is 36.2 Å². The number of anilines is 1. The normalized spacial score (nSPS) is 21.6. The van der Waals surface area contributed by atoms with Crippen LogP contribution in [0.3, 0.4) is 0 Å². The van der Waals surface area contributed by atoms with Crippen LogP contribution in [0.1, 0.15) is 12.0 Å². The van der Waals surface area contributed by atoms with Gasteiger partial charge in [0.05, 0.1) is 19.3 Å². The van der Waals surface area contributed by atoms with Crippen LogP contribution in [0, 0.1) is 5.92 Å². The van der Waals surface area contributed by atoms with Crippen LogP contribution in [-0.2, 0) is 20.7 Å². The van der Waals surface area contributed by atoms with Crippen molar-refractivity contribution in [2.24, 2.45) is 5.92 Å². The SMILES string of the molecule is Nc1ccccc1CCC(=O)NC1COCC1C(=O)O. The van der Waals surface area contributed by atoms with E-state index in [2.05, 4.69) is 5.32 Å². The number of hydrogen-bond donors (Lipinski definition) is 3. The van der Waals surface area contributed by atoms with E-state index in [1.165, 1.54) is 0 Å². The highest BCUT2D eigenvalue weighted by atomic mass is 16.5. The first-order valence-electron chi connectivity index (χ1n) is 6.51. The average Bonchev–Trinajstić information content (AvgIpc) is 2.86. The molecule has 6 heteroatoms. The van der Waals surface area contributed by atoms with E-state index in [1.54, 1.807) is 6.07 Å². The molecule has 1 saturated heterocycles. The fraction of sp³-hybridized carbons (Fsp3) is 0.429. The van der Waals surface area contributed by atoms with Crippen molar-refractivity contribution in [3.05, 3.63) is 29.8 Å². The molecular weight excluding hydrogens is 260 g/mol. The van der Waals surface area contributed by atoms with Crippen molar-refractivity contribution in [1.82, 2.24) is 5.32 Å². The molecule has 2 rings (SSSR count). The number of nitrogens with two attached hydrogens (primary N) is 1. The zero-order valence-electron chi connectivity index (χ0n) is 11.0. The Morgan fingerprint density at radius 3 is 2.80 bits per heavy atom. The standard InChI is InChI=1S/C14H18N2O4/c15-11-4-2-1-3-9(11)5-6-13(17)16-12-8-20-7-10(12)14(18)19/h1-4,10,12H,5-8,15H2,(H,16,17)(H,18,19). The number of amides is 1. The fourth-order valence-electron chi connectivity index (χ4n) is 2.23. The summed E-state index contributed by atoms with van der Waals surface area (Å²) in [6.45, 7) is 0.391. The number of aliphatic carboxylic acids is 1. The van der Waals surface area contributed by atoms with Crippen molar-refractivity contribution in [3.8, 4) is 0 Å². The van der Waals surface area contributed by atoms with Crippen molar-refractivity contribution >= 4 is 17.6 Å². The molecule has 1 aromatic carbocycles. The first-order valence-corrected chi connectivity index (χ1v) is 6.51. The lowest BCUT2D eigenvalue weighted by molar-refractivity contribution is -0.142. The molecule has 1 heterocycles. The van der Waals surface area contributed by atoms with Gasteiger partial charge in [-0.15, -0.1) is 0 Å².